The summed E-state index contributed by atoms with van der Waals surface area (Å²) in [6.07, 6.45) is 1.64. The van der Waals surface area contributed by atoms with Gasteiger partial charge in [0.1, 0.15) is 18.0 Å². The van der Waals surface area contributed by atoms with E-state index >= 15 is 0 Å². The quantitative estimate of drug-likeness (QED) is 0.749. The molecule has 0 saturated heterocycles. The Hall–Kier alpha value is -3.15. The van der Waals surface area contributed by atoms with E-state index in [9.17, 15) is 14.7 Å². The predicted molar refractivity (Wildman–Crippen MR) is 83.4 cm³/mol. The van der Waals surface area contributed by atoms with Gasteiger partial charge in [-0.2, -0.15) is 0 Å². The Kier molecular flexibility index (Phi) is 3.80. The van der Waals surface area contributed by atoms with E-state index in [1.54, 1.807) is 18.3 Å². The van der Waals surface area contributed by atoms with Crippen LogP contribution in [0.2, 0.25) is 0 Å². The molecule has 116 valence electrons. The molecule has 2 heterocycles. The van der Waals surface area contributed by atoms with Gasteiger partial charge in [0.25, 0.3) is 5.56 Å². The third-order valence-electron chi connectivity index (χ3n) is 3.37. The minimum Gasteiger partial charge on any atom is -0.508 e. The summed E-state index contributed by atoms with van der Waals surface area (Å²) in [5.74, 6) is -0.607. The fraction of sp³-hybridized carbons (Fsp3) is 0.118. The molecule has 0 radical (unpaired) electrons. The second-order valence-corrected chi connectivity index (χ2v) is 5.10. The van der Waals surface area contributed by atoms with E-state index in [0.717, 1.165) is 5.56 Å². The van der Waals surface area contributed by atoms with Gasteiger partial charge in [0, 0.05) is 12.3 Å². The highest BCUT2D eigenvalue weighted by Gasteiger charge is 2.10. The summed E-state index contributed by atoms with van der Waals surface area (Å²) in [4.78, 5) is 28.4. The highest BCUT2D eigenvalue weighted by molar-refractivity contribution is 5.89. The molecule has 2 aromatic heterocycles. The molecule has 1 N–H and O–H groups in total. The first-order valence-electron chi connectivity index (χ1n) is 6.98. The fourth-order valence-corrected chi connectivity index (χ4v) is 2.24. The number of fused-ring (bicyclic) bond motifs is 1. The second-order valence-electron chi connectivity index (χ2n) is 5.10. The number of phenols is 1. The molecule has 1 aromatic carbocycles. The van der Waals surface area contributed by atoms with Gasteiger partial charge in [-0.3, -0.25) is 9.20 Å². The number of aryl methyl sites for hydroxylation is 1. The smallest absolute Gasteiger partial charge is 0.338 e. The molecular weight excluding hydrogens is 296 g/mol. The van der Waals surface area contributed by atoms with Crippen molar-refractivity contribution in [1.82, 2.24) is 9.38 Å². The zero-order valence-electron chi connectivity index (χ0n) is 12.4. The normalized spacial score (nSPS) is 10.7. The molecule has 0 unspecified atom stereocenters. The van der Waals surface area contributed by atoms with Crippen LogP contribution in [0.1, 0.15) is 21.6 Å². The van der Waals surface area contributed by atoms with Crippen molar-refractivity contribution in [2.24, 2.45) is 0 Å². The molecule has 0 atom stereocenters. The molecule has 6 heteroatoms. The lowest BCUT2D eigenvalue weighted by atomic mass is 10.2. The van der Waals surface area contributed by atoms with Crippen LogP contribution in [0.15, 0.2) is 53.5 Å². The van der Waals surface area contributed by atoms with Gasteiger partial charge in [-0.1, -0.05) is 12.1 Å². The Balaban J connectivity index is 1.83. The SMILES string of the molecule is Cc1cccn2c(=O)cc(COC(=O)c3cccc(O)c3)nc12. The lowest BCUT2D eigenvalue weighted by molar-refractivity contribution is 0.0467. The molecular formula is C17H14N2O4. The molecule has 0 bridgehead atoms. The highest BCUT2D eigenvalue weighted by Crippen LogP contribution is 2.13. The van der Waals surface area contributed by atoms with Crippen LogP contribution < -0.4 is 5.56 Å². The van der Waals surface area contributed by atoms with E-state index in [1.165, 1.54) is 28.7 Å². The number of carbonyl (C=O) groups excluding carboxylic acids is 1. The van der Waals surface area contributed by atoms with Gasteiger partial charge in [0.2, 0.25) is 0 Å². The van der Waals surface area contributed by atoms with Gasteiger partial charge in [0.05, 0.1) is 11.3 Å². The number of aromatic hydroxyl groups is 1. The number of rotatable bonds is 3. The van der Waals surface area contributed by atoms with Crippen molar-refractivity contribution in [1.29, 1.82) is 0 Å². The molecule has 6 nitrogen and oxygen atoms in total. The Bertz CT molecular complexity index is 947. The number of esters is 1. The number of benzene rings is 1. The Morgan fingerprint density at radius 2 is 2.09 bits per heavy atom. The van der Waals surface area contributed by atoms with Crippen LogP contribution in [0.3, 0.4) is 0 Å². The summed E-state index contributed by atoms with van der Waals surface area (Å²) < 4.78 is 6.59. The molecule has 0 amide bonds. The van der Waals surface area contributed by atoms with Gasteiger partial charge in [0.15, 0.2) is 0 Å². The maximum atomic E-state index is 12.1. The average Bonchev–Trinajstić information content (AvgIpc) is 2.53. The Morgan fingerprint density at radius 1 is 1.26 bits per heavy atom. The highest BCUT2D eigenvalue weighted by atomic mass is 16.5. The molecule has 0 saturated carbocycles. The first-order valence-corrected chi connectivity index (χ1v) is 6.98. The van der Waals surface area contributed by atoms with E-state index in [1.807, 2.05) is 13.0 Å². The summed E-state index contributed by atoms with van der Waals surface area (Å²) in [6, 6.07) is 10.8. The first-order chi connectivity index (χ1) is 11.0. The molecule has 0 aliphatic carbocycles. The van der Waals surface area contributed by atoms with Crippen LogP contribution in [0, 0.1) is 6.92 Å². The lowest BCUT2D eigenvalue weighted by Crippen LogP contribution is -2.17. The minimum absolute atomic E-state index is 0.0165. The Labute approximate surface area is 131 Å². The number of hydrogen-bond acceptors (Lipinski definition) is 5. The van der Waals surface area contributed by atoms with Crippen molar-refractivity contribution >= 4 is 11.6 Å². The van der Waals surface area contributed by atoms with E-state index in [4.69, 9.17) is 4.74 Å². The van der Waals surface area contributed by atoms with Crippen molar-refractivity contribution in [3.8, 4) is 5.75 Å². The third kappa shape index (κ3) is 3.06. The summed E-state index contributed by atoms with van der Waals surface area (Å²) >= 11 is 0. The molecule has 0 fully saturated rings. The molecule has 0 aliphatic heterocycles. The standard InChI is InChI=1S/C17H14N2O4/c1-11-4-3-7-19-15(21)9-13(18-16(11)19)10-23-17(22)12-5-2-6-14(20)8-12/h2-9,20H,10H2,1H3. The van der Waals surface area contributed by atoms with Crippen LogP contribution in [0.25, 0.3) is 5.65 Å². The average molecular weight is 310 g/mol. The largest absolute Gasteiger partial charge is 0.508 e. The maximum absolute atomic E-state index is 12.1. The number of nitrogens with zero attached hydrogens (tertiary/aromatic N) is 2. The van der Waals surface area contributed by atoms with Crippen LogP contribution in [0.5, 0.6) is 5.75 Å². The van der Waals surface area contributed by atoms with Gasteiger partial charge < -0.3 is 9.84 Å². The third-order valence-corrected chi connectivity index (χ3v) is 3.37. The maximum Gasteiger partial charge on any atom is 0.338 e. The number of phenolic OH excluding ortho intramolecular Hbond substituents is 1. The van der Waals surface area contributed by atoms with Crippen molar-refractivity contribution in [2.75, 3.05) is 0 Å². The Morgan fingerprint density at radius 3 is 2.87 bits per heavy atom. The van der Waals surface area contributed by atoms with Crippen molar-refractivity contribution in [3.05, 3.63) is 75.8 Å². The van der Waals surface area contributed by atoms with Crippen molar-refractivity contribution in [2.45, 2.75) is 13.5 Å². The summed E-state index contributed by atoms with van der Waals surface area (Å²) in [6.45, 7) is 1.73. The molecule has 23 heavy (non-hydrogen) atoms. The number of carbonyl (C=O) groups is 1. The molecule has 3 aromatic rings. The minimum atomic E-state index is -0.590. The van der Waals surface area contributed by atoms with Gasteiger partial charge in [-0.25, -0.2) is 9.78 Å². The van der Waals surface area contributed by atoms with Gasteiger partial charge in [-0.15, -0.1) is 0 Å². The van der Waals surface area contributed by atoms with E-state index in [2.05, 4.69) is 4.98 Å². The van der Waals surface area contributed by atoms with Crippen molar-refractivity contribution < 1.29 is 14.6 Å². The van der Waals surface area contributed by atoms with Crippen molar-refractivity contribution in [3.63, 3.8) is 0 Å². The molecule has 3 rings (SSSR count). The van der Waals surface area contributed by atoms with E-state index in [-0.39, 0.29) is 23.5 Å². The van der Waals surface area contributed by atoms with E-state index in [0.29, 0.717) is 11.3 Å². The summed E-state index contributed by atoms with van der Waals surface area (Å²) in [5, 5.41) is 9.37. The molecule has 0 spiro atoms. The number of hydrogen-bond donors (Lipinski definition) is 1. The number of aromatic nitrogens is 2. The number of ether oxygens (including phenoxy) is 1. The van der Waals surface area contributed by atoms with Crippen LogP contribution in [-0.2, 0) is 11.3 Å². The van der Waals surface area contributed by atoms with E-state index < -0.39 is 5.97 Å². The topological polar surface area (TPSA) is 80.9 Å². The monoisotopic (exact) mass is 310 g/mol. The fourth-order valence-electron chi connectivity index (χ4n) is 2.24. The lowest BCUT2D eigenvalue weighted by Gasteiger charge is -2.07. The second kappa shape index (κ2) is 5.92. The predicted octanol–water partition coefficient (Wildman–Crippen LogP) is 2.07. The zero-order valence-corrected chi connectivity index (χ0v) is 12.4. The van der Waals surface area contributed by atoms with Crippen LogP contribution in [0.4, 0.5) is 0 Å². The zero-order chi connectivity index (χ0) is 16.4. The van der Waals surface area contributed by atoms with Crippen LogP contribution >= 0.6 is 0 Å². The van der Waals surface area contributed by atoms with Gasteiger partial charge >= 0.3 is 5.97 Å². The van der Waals surface area contributed by atoms with Crippen LogP contribution in [-0.4, -0.2) is 20.5 Å². The van der Waals surface area contributed by atoms with Gasteiger partial charge in [-0.05, 0) is 36.8 Å². The number of pyridine rings is 1. The molecule has 0 aliphatic rings. The summed E-state index contributed by atoms with van der Waals surface area (Å²) in [7, 11) is 0. The first kappa shape index (κ1) is 14.8. The summed E-state index contributed by atoms with van der Waals surface area (Å²) in [5.41, 5.74) is 1.76.